The molecule has 0 radical (unpaired) electrons. The number of carbonyl (C=O) groups is 2. The molecule has 1 rings (SSSR count). The molecule has 0 heterocycles. The van der Waals surface area contributed by atoms with Crippen LogP contribution in [0.4, 0.5) is 13.6 Å². The van der Waals surface area contributed by atoms with Crippen molar-refractivity contribution in [3.05, 3.63) is 0 Å². The number of carbonyl (C=O) groups excluding carboxylic acids is 1. The van der Waals surface area contributed by atoms with E-state index in [-0.39, 0.29) is 12.8 Å². The summed E-state index contributed by atoms with van der Waals surface area (Å²) in [4.78, 5) is 23.2. The van der Waals surface area contributed by atoms with E-state index in [1.807, 2.05) is 0 Å². The Morgan fingerprint density at radius 3 is 2.30 bits per heavy atom. The van der Waals surface area contributed by atoms with Gasteiger partial charge in [-0.25, -0.2) is 18.4 Å². The summed E-state index contributed by atoms with van der Waals surface area (Å²) in [6.45, 7) is 6.32. The highest BCUT2D eigenvalue weighted by Crippen LogP contribution is 2.48. The van der Waals surface area contributed by atoms with Crippen LogP contribution in [0.15, 0.2) is 0 Å². The topological polar surface area (TPSA) is 75.6 Å². The van der Waals surface area contributed by atoms with Crippen molar-refractivity contribution in [3.8, 4) is 0 Å². The number of nitrogens with one attached hydrogen (secondary N) is 1. The molecule has 0 aromatic rings. The smallest absolute Gasteiger partial charge is 0.408 e. The van der Waals surface area contributed by atoms with Crippen LogP contribution in [-0.4, -0.2) is 34.2 Å². The summed E-state index contributed by atoms with van der Waals surface area (Å²) >= 11 is 0. The first-order chi connectivity index (χ1) is 8.94. The van der Waals surface area contributed by atoms with Gasteiger partial charge in [0.05, 0.1) is 5.92 Å². The Morgan fingerprint density at radius 2 is 1.90 bits per heavy atom. The Bertz CT molecular complexity index is 406. The second-order valence-electron chi connectivity index (χ2n) is 6.13. The van der Waals surface area contributed by atoms with Crippen molar-refractivity contribution in [2.45, 2.75) is 64.0 Å². The highest BCUT2D eigenvalue weighted by atomic mass is 19.3. The first-order valence-corrected chi connectivity index (χ1v) is 6.57. The predicted octanol–water partition coefficient (Wildman–Crippen LogP) is 2.79. The lowest BCUT2D eigenvalue weighted by Gasteiger charge is -2.34. The van der Waals surface area contributed by atoms with Gasteiger partial charge in [0, 0.05) is 6.42 Å². The van der Waals surface area contributed by atoms with E-state index >= 15 is 0 Å². The lowest BCUT2D eigenvalue weighted by molar-refractivity contribution is -0.150. The van der Waals surface area contributed by atoms with Crippen LogP contribution in [0.5, 0.6) is 0 Å². The molecule has 0 bridgehead atoms. The van der Waals surface area contributed by atoms with Crippen molar-refractivity contribution in [1.29, 1.82) is 0 Å². The molecule has 0 saturated heterocycles. The van der Waals surface area contributed by atoms with Crippen LogP contribution >= 0.6 is 0 Å². The molecule has 5 nitrogen and oxygen atoms in total. The average molecular weight is 293 g/mol. The van der Waals surface area contributed by atoms with Crippen molar-refractivity contribution >= 4 is 12.1 Å². The molecule has 116 valence electrons. The predicted molar refractivity (Wildman–Crippen MR) is 67.7 cm³/mol. The molecule has 0 aromatic heterocycles. The van der Waals surface area contributed by atoms with E-state index in [1.165, 1.54) is 6.92 Å². The van der Waals surface area contributed by atoms with E-state index in [9.17, 15) is 23.5 Å². The van der Waals surface area contributed by atoms with E-state index in [1.54, 1.807) is 20.8 Å². The van der Waals surface area contributed by atoms with E-state index in [0.717, 1.165) is 0 Å². The summed E-state index contributed by atoms with van der Waals surface area (Å²) in [5.74, 6) is -6.00. The Morgan fingerprint density at radius 1 is 1.35 bits per heavy atom. The minimum Gasteiger partial charge on any atom is -0.479 e. The Labute approximate surface area is 116 Å². The van der Waals surface area contributed by atoms with Crippen LogP contribution in [0.1, 0.15) is 47.0 Å². The Kier molecular flexibility index (Phi) is 4.31. The molecule has 2 atom stereocenters. The molecular formula is C13H21F2NO4. The van der Waals surface area contributed by atoms with Gasteiger partial charge >= 0.3 is 12.1 Å². The number of ether oxygens (including phenoxy) is 1. The zero-order chi connectivity index (χ0) is 15.8. The number of rotatable bonds is 3. The standard InChI is InChI=1S/C13H21F2NO4/c1-5-8-12(9(17)18,6-7-13(8,14)15)16-10(19)20-11(2,3)4/h8H,5-7H2,1-4H3,(H,16,19)(H,17,18). The second kappa shape index (κ2) is 5.18. The highest BCUT2D eigenvalue weighted by Gasteiger charge is 2.63. The highest BCUT2D eigenvalue weighted by molar-refractivity contribution is 5.85. The van der Waals surface area contributed by atoms with Crippen LogP contribution in [-0.2, 0) is 9.53 Å². The minimum atomic E-state index is -3.11. The number of hydrogen-bond acceptors (Lipinski definition) is 3. The number of alkyl halides is 2. The molecule has 2 unspecified atom stereocenters. The SMILES string of the molecule is CCC1C(F)(F)CCC1(NC(=O)OC(C)(C)C)C(=O)O. The van der Waals surface area contributed by atoms with E-state index in [0.29, 0.717) is 0 Å². The first-order valence-electron chi connectivity index (χ1n) is 6.57. The van der Waals surface area contributed by atoms with Crippen LogP contribution in [0, 0.1) is 5.92 Å². The molecular weight excluding hydrogens is 272 g/mol. The number of halogens is 2. The molecule has 20 heavy (non-hydrogen) atoms. The number of aliphatic carboxylic acids is 1. The van der Waals surface area contributed by atoms with Gasteiger partial charge in [-0.05, 0) is 33.6 Å². The number of carboxylic acids is 1. The van der Waals surface area contributed by atoms with Crippen molar-refractivity contribution in [2.75, 3.05) is 0 Å². The fraction of sp³-hybridized carbons (Fsp3) is 0.846. The molecule has 0 aliphatic heterocycles. The quantitative estimate of drug-likeness (QED) is 0.839. The van der Waals surface area contributed by atoms with Crippen molar-refractivity contribution in [1.82, 2.24) is 5.32 Å². The van der Waals surface area contributed by atoms with Crippen LogP contribution in [0.2, 0.25) is 0 Å². The number of amides is 1. The third-order valence-electron chi connectivity index (χ3n) is 3.47. The summed E-state index contributed by atoms with van der Waals surface area (Å²) in [6.07, 6.45) is -1.91. The van der Waals surface area contributed by atoms with Crippen molar-refractivity contribution in [2.24, 2.45) is 5.92 Å². The Balaban J connectivity index is 3.00. The molecule has 1 aliphatic rings. The fourth-order valence-electron chi connectivity index (χ4n) is 2.66. The third kappa shape index (κ3) is 3.19. The summed E-state index contributed by atoms with van der Waals surface area (Å²) in [6, 6.07) is 0. The summed E-state index contributed by atoms with van der Waals surface area (Å²) in [5.41, 5.74) is -2.80. The molecule has 0 aromatic carbocycles. The van der Waals surface area contributed by atoms with Crippen molar-refractivity contribution in [3.63, 3.8) is 0 Å². The van der Waals surface area contributed by atoms with Crippen LogP contribution in [0.3, 0.4) is 0 Å². The first kappa shape index (κ1) is 16.7. The molecule has 2 N–H and O–H groups in total. The largest absolute Gasteiger partial charge is 0.479 e. The summed E-state index contributed by atoms with van der Waals surface area (Å²) in [7, 11) is 0. The average Bonchev–Trinajstić information content (AvgIpc) is 2.48. The van der Waals surface area contributed by atoms with E-state index < -0.39 is 41.5 Å². The molecule has 1 aliphatic carbocycles. The maximum Gasteiger partial charge on any atom is 0.408 e. The molecule has 1 fully saturated rings. The van der Waals surface area contributed by atoms with Crippen LogP contribution < -0.4 is 5.32 Å². The molecule has 1 amide bonds. The lowest BCUT2D eigenvalue weighted by atomic mass is 9.84. The van der Waals surface area contributed by atoms with Gasteiger partial charge in [-0.3, -0.25) is 0 Å². The second-order valence-corrected chi connectivity index (χ2v) is 6.13. The number of alkyl carbamates (subject to hydrolysis) is 1. The maximum absolute atomic E-state index is 13.8. The maximum atomic E-state index is 13.8. The van der Waals surface area contributed by atoms with Gasteiger partial charge in [0.1, 0.15) is 11.1 Å². The zero-order valence-corrected chi connectivity index (χ0v) is 12.1. The van der Waals surface area contributed by atoms with Crippen LogP contribution in [0.25, 0.3) is 0 Å². The third-order valence-corrected chi connectivity index (χ3v) is 3.47. The molecule has 1 saturated carbocycles. The number of carboxylic acid groups (broad SMARTS) is 1. The Hall–Kier alpha value is -1.40. The summed E-state index contributed by atoms with van der Waals surface area (Å²) < 4.78 is 32.6. The fourth-order valence-corrected chi connectivity index (χ4v) is 2.66. The van der Waals surface area contributed by atoms with Gasteiger partial charge in [-0.2, -0.15) is 0 Å². The van der Waals surface area contributed by atoms with Gasteiger partial charge in [0.2, 0.25) is 0 Å². The summed E-state index contributed by atoms with van der Waals surface area (Å²) in [5, 5.41) is 11.5. The van der Waals surface area contributed by atoms with E-state index in [4.69, 9.17) is 4.74 Å². The van der Waals surface area contributed by atoms with Gasteiger partial charge in [0.15, 0.2) is 0 Å². The molecule has 0 spiro atoms. The normalized spacial score (nSPS) is 29.0. The monoisotopic (exact) mass is 293 g/mol. The van der Waals surface area contributed by atoms with Gasteiger partial charge in [-0.15, -0.1) is 0 Å². The number of hydrogen-bond donors (Lipinski definition) is 2. The van der Waals surface area contributed by atoms with Gasteiger partial charge in [-0.1, -0.05) is 6.92 Å². The molecule has 7 heteroatoms. The zero-order valence-electron chi connectivity index (χ0n) is 12.1. The van der Waals surface area contributed by atoms with Gasteiger partial charge in [0.25, 0.3) is 5.92 Å². The van der Waals surface area contributed by atoms with Gasteiger partial charge < -0.3 is 15.2 Å². The minimum absolute atomic E-state index is 0.0465. The van der Waals surface area contributed by atoms with E-state index in [2.05, 4.69) is 5.32 Å². The van der Waals surface area contributed by atoms with Crippen molar-refractivity contribution < 1.29 is 28.2 Å². The lowest BCUT2D eigenvalue weighted by Crippen LogP contribution is -2.59.